The van der Waals surface area contributed by atoms with E-state index in [9.17, 15) is 8.42 Å². The van der Waals surface area contributed by atoms with Crippen LogP contribution in [-0.4, -0.2) is 20.3 Å². The van der Waals surface area contributed by atoms with Crippen LogP contribution in [0.1, 0.15) is 20.8 Å². The second kappa shape index (κ2) is 4.86. The molecule has 0 bridgehead atoms. The molecule has 0 heterocycles. The van der Waals surface area contributed by atoms with Crippen LogP contribution < -0.4 is 9.46 Å². The lowest BCUT2D eigenvalue weighted by atomic mass is 10.3. The first-order valence-electron chi connectivity index (χ1n) is 5.03. The molecule has 0 saturated carbocycles. The van der Waals surface area contributed by atoms with Gasteiger partial charge in [-0.05, 0) is 48.8 Å². The number of anilines is 1. The molecule has 0 unspecified atom stereocenters. The van der Waals surface area contributed by atoms with Gasteiger partial charge in [0.2, 0.25) is 10.0 Å². The zero-order valence-corrected chi connectivity index (χ0v) is 12.6. The maximum absolute atomic E-state index is 12.0. The van der Waals surface area contributed by atoms with Gasteiger partial charge < -0.3 is 4.74 Å². The van der Waals surface area contributed by atoms with E-state index >= 15 is 0 Å². The van der Waals surface area contributed by atoms with Crippen molar-refractivity contribution in [1.29, 1.82) is 0 Å². The Kier molecular flexibility index (Phi) is 4.09. The minimum Gasteiger partial charge on any atom is -0.497 e. The van der Waals surface area contributed by atoms with Gasteiger partial charge in [-0.15, -0.1) is 0 Å². The summed E-state index contributed by atoms with van der Waals surface area (Å²) in [7, 11) is -1.90. The van der Waals surface area contributed by atoms with E-state index in [0.717, 1.165) is 0 Å². The predicted octanol–water partition coefficient (Wildman–Crippen LogP) is 3.00. The van der Waals surface area contributed by atoms with Crippen molar-refractivity contribution in [2.75, 3.05) is 11.8 Å². The Hall–Kier alpha value is -0.750. The molecular weight excluding hydrogens is 306 g/mol. The van der Waals surface area contributed by atoms with Crippen LogP contribution in [0, 0.1) is 0 Å². The number of hydrogen-bond acceptors (Lipinski definition) is 3. The van der Waals surface area contributed by atoms with Gasteiger partial charge in [0.1, 0.15) is 5.75 Å². The number of sulfonamides is 1. The second-order valence-electron chi connectivity index (χ2n) is 4.56. The third kappa shape index (κ3) is 3.35. The highest BCUT2D eigenvalue weighted by Gasteiger charge is 2.29. The van der Waals surface area contributed by atoms with Crippen molar-refractivity contribution in [3.05, 3.63) is 22.7 Å². The van der Waals surface area contributed by atoms with Crippen molar-refractivity contribution in [3.8, 4) is 5.75 Å². The highest BCUT2D eigenvalue weighted by atomic mass is 79.9. The normalized spacial score (nSPS) is 12.3. The van der Waals surface area contributed by atoms with E-state index in [1.807, 2.05) is 0 Å². The first-order valence-corrected chi connectivity index (χ1v) is 7.31. The van der Waals surface area contributed by atoms with E-state index in [0.29, 0.717) is 15.9 Å². The van der Waals surface area contributed by atoms with E-state index in [4.69, 9.17) is 4.74 Å². The van der Waals surface area contributed by atoms with Crippen LogP contribution in [0.3, 0.4) is 0 Å². The van der Waals surface area contributed by atoms with Gasteiger partial charge in [0.05, 0.1) is 17.5 Å². The molecule has 0 radical (unpaired) electrons. The smallest absolute Gasteiger partial charge is 0.237 e. The molecule has 96 valence electrons. The van der Waals surface area contributed by atoms with Crippen LogP contribution in [0.2, 0.25) is 0 Å². The highest BCUT2D eigenvalue weighted by Crippen LogP contribution is 2.29. The molecule has 1 aromatic carbocycles. The number of halogens is 1. The van der Waals surface area contributed by atoms with Gasteiger partial charge in [-0.25, -0.2) is 8.42 Å². The Morgan fingerprint density at radius 1 is 1.29 bits per heavy atom. The Morgan fingerprint density at radius 2 is 1.88 bits per heavy atom. The summed E-state index contributed by atoms with van der Waals surface area (Å²) in [5, 5.41) is 0. The average Bonchev–Trinajstić information content (AvgIpc) is 2.19. The van der Waals surface area contributed by atoms with E-state index in [1.54, 1.807) is 39.0 Å². The molecule has 0 atom stereocenters. The molecule has 6 heteroatoms. The van der Waals surface area contributed by atoms with Gasteiger partial charge in [0.25, 0.3) is 0 Å². The third-order valence-corrected chi connectivity index (χ3v) is 5.02. The SMILES string of the molecule is COc1ccc(Br)c(NS(=O)(=O)C(C)(C)C)c1. The molecule has 0 aliphatic heterocycles. The van der Waals surface area contributed by atoms with Crippen molar-refractivity contribution < 1.29 is 13.2 Å². The first-order chi connectivity index (χ1) is 7.67. The molecule has 1 N–H and O–H groups in total. The fourth-order valence-electron chi connectivity index (χ4n) is 1.01. The standard InChI is InChI=1S/C11H16BrNO3S/c1-11(2,3)17(14,15)13-10-7-8(16-4)5-6-9(10)12/h5-7,13H,1-4H3. The number of benzene rings is 1. The average molecular weight is 322 g/mol. The zero-order valence-electron chi connectivity index (χ0n) is 10.2. The molecule has 0 aliphatic carbocycles. The summed E-state index contributed by atoms with van der Waals surface area (Å²) >= 11 is 3.30. The van der Waals surface area contributed by atoms with Crippen LogP contribution in [0.25, 0.3) is 0 Å². The highest BCUT2D eigenvalue weighted by molar-refractivity contribution is 9.10. The Balaban J connectivity index is 3.12. The molecule has 0 spiro atoms. The number of hydrogen-bond donors (Lipinski definition) is 1. The Labute approximate surface area is 111 Å². The van der Waals surface area contributed by atoms with Gasteiger partial charge in [0, 0.05) is 10.5 Å². The first kappa shape index (κ1) is 14.3. The molecular formula is C11H16BrNO3S. The predicted molar refractivity (Wildman–Crippen MR) is 73.0 cm³/mol. The Bertz CT molecular complexity index is 506. The zero-order chi connectivity index (χ0) is 13.3. The van der Waals surface area contributed by atoms with Crippen LogP contribution in [0.15, 0.2) is 22.7 Å². The maximum atomic E-state index is 12.0. The number of rotatable bonds is 3. The molecule has 0 fully saturated rings. The van der Waals surface area contributed by atoms with Gasteiger partial charge in [-0.2, -0.15) is 0 Å². The Morgan fingerprint density at radius 3 is 2.35 bits per heavy atom. The van der Waals surface area contributed by atoms with Crippen molar-refractivity contribution in [2.45, 2.75) is 25.5 Å². The fourth-order valence-corrected chi connectivity index (χ4v) is 2.25. The molecule has 0 aromatic heterocycles. The van der Waals surface area contributed by atoms with Crippen molar-refractivity contribution >= 4 is 31.6 Å². The molecule has 17 heavy (non-hydrogen) atoms. The second-order valence-corrected chi connectivity index (χ2v) is 7.85. The minimum absolute atomic E-state index is 0.472. The molecule has 1 aromatic rings. The summed E-state index contributed by atoms with van der Waals surface area (Å²) in [5.74, 6) is 0.597. The minimum atomic E-state index is -3.43. The summed E-state index contributed by atoms with van der Waals surface area (Å²) in [6, 6.07) is 5.12. The lowest BCUT2D eigenvalue weighted by Gasteiger charge is -2.21. The largest absolute Gasteiger partial charge is 0.497 e. The lowest BCUT2D eigenvalue weighted by molar-refractivity contribution is 0.415. The maximum Gasteiger partial charge on any atom is 0.237 e. The van der Waals surface area contributed by atoms with Gasteiger partial charge in [0.15, 0.2) is 0 Å². The van der Waals surface area contributed by atoms with Crippen LogP contribution in [0.5, 0.6) is 5.75 Å². The monoisotopic (exact) mass is 321 g/mol. The van der Waals surface area contributed by atoms with Crippen LogP contribution >= 0.6 is 15.9 Å². The summed E-state index contributed by atoms with van der Waals surface area (Å²) in [4.78, 5) is 0. The summed E-state index contributed by atoms with van der Waals surface area (Å²) in [6.45, 7) is 4.93. The van der Waals surface area contributed by atoms with Crippen LogP contribution in [0.4, 0.5) is 5.69 Å². The van der Waals surface area contributed by atoms with Crippen molar-refractivity contribution in [1.82, 2.24) is 0 Å². The fraction of sp³-hybridized carbons (Fsp3) is 0.455. The summed E-state index contributed by atoms with van der Waals surface area (Å²) in [6.07, 6.45) is 0. The van der Waals surface area contributed by atoms with E-state index in [2.05, 4.69) is 20.7 Å². The molecule has 0 saturated heterocycles. The topological polar surface area (TPSA) is 55.4 Å². The van der Waals surface area contributed by atoms with Crippen molar-refractivity contribution in [3.63, 3.8) is 0 Å². The quantitative estimate of drug-likeness (QED) is 0.931. The van der Waals surface area contributed by atoms with Crippen molar-refractivity contribution in [2.24, 2.45) is 0 Å². The molecule has 0 amide bonds. The number of ether oxygens (including phenoxy) is 1. The molecule has 4 nitrogen and oxygen atoms in total. The van der Waals surface area contributed by atoms with Gasteiger partial charge >= 0.3 is 0 Å². The van der Waals surface area contributed by atoms with E-state index in [-0.39, 0.29) is 0 Å². The van der Waals surface area contributed by atoms with Gasteiger partial charge in [-0.3, -0.25) is 4.72 Å². The van der Waals surface area contributed by atoms with E-state index < -0.39 is 14.8 Å². The number of methoxy groups -OCH3 is 1. The number of nitrogens with one attached hydrogen (secondary N) is 1. The van der Waals surface area contributed by atoms with E-state index in [1.165, 1.54) is 7.11 Å². The summed E-state index contributed by atoms with van der Waals surface area (Å²) < 4.78 is 31.4. The third-order valence-electron chi connectivity index (χ3n) is 2.22. The van der Waals surface area contributed by atoms with Crippen LogP contribution in [-0.2, 0) is 10.0 Å². The molecule has 1 rings (SSSR count). The lowest BCUT2D eigenvalue weighted by Crippen LogP contribution is -2.33. The summed E-state index contributed by atoms with van der Waals surface area (Å²) in [5.41, 5.74) is 0.472. The van der Waals surface area contributed by atoms with Gasteiger partial charge in [-0.1, -0.05) is 0 Å². The molecule has 0 aliphatic rings.